The fourth-order valence-electron chi connectivity index (χ4n) is 2.55. The Morgan fingerprint density at radius 3 is 2.15 bits per heavy atom. The van der Waals surface area contributed by atoms with E-state index in [2.05, 4.69) is 25.7 Å². The van der Waals surface area contributed by atoms with E-state index in [1.54, 1.807) is 12.1 Å². The molecule has 0 N–H and O–H groups in total. The summed E-state index contributed by atoms with van der Waals surface area (Å²) in [4.78, 5) is 16.5. The van der Waals surface area contributed by atoms with E-state index in [-0.39, 0.29) is 17.1 Å². The quantitative estimate of drug-likeness (QED) is 0.830. The number of halogens is 1. The molecule has 1 aliphatic heterocycles. The molecule has 4 heteroatoms. The maximum Gasteiger partial charge on any atom is 0.253 e. The summed E-state index contributed by atoms with van der Waals surface area (Å²) in [5, 5.41) is 0. The molecule has 110 valence electrons. The molecule has 0 aromatic heterocycles. The second-order valence-corrected chi connectivity index (χ2v) is 6.64. The van der Waals surface area contributed by atoms with Gasteiger partial charge in [0.2, 0.25) is 0 Å². The first-order chi connectivity index (χ1) is 9.35. The summed E-state index contributed by atoms with van der Waals surface area (Å²) in [6.07, 6.45) is 0. The lowest BCUT2D eigenvalue weighted by molar-refractivity contribution is 0.0592. The van der Waals surface area contributed by atoms with E-state index >= 15 is 0 Å². The zero-order valence-electron chi connectivity index (χ0n) is 12.5. The van der Waals surface area contributed by atoms with Crippen LogP contribution in [0.1, 0.15) is 31.1 Å². The molecular formula is C16H23FN2O. The highest BCUT2D eigenvalue weighted by Gasteiger charge is 2.24. The fraction of sp³-hybridized carbons (Fsp3) is 0.562. The van der Waals surface area contributed by atoms with Crippen molar-refractivity contribution < 1.29 is 9.18 Å². The van der Waals surface area contributed by atoms with Crippen molar-refractivity contribution >= 4 is 5.91 Å². The number of piperazine rings is 1. The first-order valence-corrected chi connectivity index (χ1v) is 7.12. The van der Waals surface area contributed by atoms with Crippen LogP contribution in [0.25, 0.3) is 0 Å². The molecule has 0 spiro atoms. The third-order valence-corrected chi connectivity index (χ3v) is 3.45. The third kappa shape index (κ3) is 4.04. The molecule has 20 heavy (non-hydrogen) atoms. The molecule has 0 bridgehead atoms. The molecule has 0 unspecified atom stereocenters. The molecule has 2 rings (SSSR count). The van der Waals surface area contributed by atoms with Crippen LogP contribution < -0.4 is 0 Å². The Hall–Kier alpha value is -1.42. The highest BCUT2D eigenvalue weighted by Crippen LogP contribution is 2.17. The van der Waals surface area contributed by atoms with Crippen LogP contribution in [0.5, 0.6) is 0 Å². The van der Waals surface area contributed by atoms with Crippen molar-refractivity contribution in [1.82, 2.24) is 9.80 Å². The maximum absolute atomic E-state index is 12.9. The van der Waals surface area contributed by atoms with Crippen molar-refractivity contribution in [2.24, 2.45) is 5.41 Å². The van der Waals surface area contributed by atoms with Crippen LogP contribution in [0, 0.1) is 11.2 Å². The molecule has 0 aliphatic carbocycles. The van der Waals surface area contributed by atoms with E-state index < -0.39 is 0 Å². The summed E-state index contributed by atoms with van der Waals surface area (Å²) < 4.78 is 12.9. The van der Waals surface area contributed by atoms with E-state index in [4.69, 9.17) is 0 Å². The Bertz CT molecular complexity index is 456. The smallest absolute Gasteiger partial charge is 0.253 e. The van der Waals surface area contributed by atoms with Gasteiger partial charge < -0.3 is 4.90 Å². The first kappa shape index (κ1) is 15.0. The molecule has 0 atom stereocenters. The van der Waals surface area contributed by atoms with Gasteiger partial charge in [0.15, 0.2) is 0 Å². The van der Waals surface area contributed by atoms with E-state index in [0.29, 0.717) is 5.56 Å². The van der Waals surface area contributed by atoms with Crippen LogP contribution in [-0.2, 0) is 0 Å². The minimum atomic E-state index is -0.309. The van der Waals surface area contributed by atoms with Gasteiger partial charge >= 0.3 is 0 Å². The van der Waals surface area contributed by atoms with Gasteiger partial charge in [-0.05, 0) is 29.7 Å². The number of carbonyl (C=O) groups is 1. The van der Waals surface area contributed by atoms with Gasteiger partial charge in [-0.25, -0.2) is 4.39 Å². The van der Waals surface area contributed by atoms with E-state index in [1.165, 1.54) is 12.1 Å². The van der Waals surface area contributed by atoms with Crippen molar-refractivity contribution in [2.45, 2.75) is 20.8 Å². The average Bonchev–Trinajstić information content (AvgIpc) is 2.38. The van der Waals surface area contributed by atoms with Crippen LogP contribution in [0.4, 0.5) is 4.39 Å². The third-order valence-electron chi connectivity index (χ3n) is 3.45. The number of benzene rings is 1. The van der Waals surface area contributed by atoms with Crippen LogP contribution in [0.3, 0.4) is 0 Å². The normalized spacial score (nSPS) is 17.3. The van der Waals surface area contributed by atoms with Crippen molar-refractivity contribution in [3.05, 3.63) is 35.6 Å². The van der Waals surface area contributed by atoms with Gasteiger partial charge in [0, 0.05) is 38.3 Å². The van der Waals surface area contributed by atoms with Gasteiger partial charge in [-0.15, -0.1) is 0 Å². The SMILES string of the molecule is CC(C)(C)CN1CCN(C(=O)c2ccc(F)cc2)CC1. The van der Waals surface area contributed by atoms with Crippen LogP contribution >= 0.6 is 0 Å². The van der Waals surface area contributed by atoms with Gasteiger partial charge in [-0.1, -0.05) is 20.8 Å². The molecular weight excluding hydrogens is 255 g/mol. The first-order valence-electron chi connectivity index (χ1n) is 7.12. The molecule has 3 nitrogen and oxygen atoms in total. The van der Waals surface area contributed by atoms with Gasteiger partial charge in [-0.2, -0.15) is 0 Å². The number of hydrogen-bond donors (Lipinski definition) is 0. The molecule has 1 aliphatic rings. The number of amides is 1. The molecule has 0 radical (unpaired) electrons. The van der Waals surface area contributed by atoms with Crippen molar-refractivity contribution in [1.29, 1.82) is 0 Å². The molecule has 1 fully saturated rings. The Morgan fingerprint density at radius 2 is 1.65 bits per heavy atom. The summed E-state index contributed by atoms with van der Waals surface area (Å²) in [5.41, 5.74) is 0.846. The lowest BCUT2D eigenvalue weighted by Crippen LogP contribution is -2.50. The van der Waals surface area contributed by atoms with Crippen LogP contribution in [-0.4, -0.2) is 48.4 Å². The molecule has 1 saturated heterocycles. The van der Waals surface area contributed by atoms with Gasteiger partial charge in [0.1, 0.15) is 5.82 Å². The monoisotopic (exact) mass is 278 g/mol. The number of hydrogen-bond acceptors (Lipinski definition) is 2. The standard InChI is InChI=1S/C16H23FN2O/c1-16(2,3)12-18-8-10-19(11-9-18)15(20)13-4-6-14(17)7-5-13/h4-7H,8-12H2,1-3H3. The summed E-state index contributed by atoms with van der Waals surface area (Å²) >= 11 is 0. The van der Waals surface area contributed by atoms with Gasteiger partial charge in [0.05, 0.1) is 0 Å². The summed E-state index contributed by atoms with van der Waals surface area (Å²) in [6, 6.07) is 5.78. The average molecular weight is 278 g/mol. The Kier molecular flexibility index (Phi) is 4.43. The number of rotatable bonds is 2. The second-order valence-electron chi connectivity index (χ2n) is 6.64. The fourth-order valence-corrected chi connectivity index (χ4v) is 2.55. The predicted molar refractivity (Wildman–Crippen MR) is 78.2 cm³/mol. The second kappa shape index (κ2) is 5.92. The van der Waals surface area contributed by atoms with Crippen LogP contribution in [0.15, 0.2) is 24.3 Å². The largest absolute Gasteiger partial charge is 0.336 e. The molecule has 0 saturated carbocycles. The summed E-state index contributed by atoms with van der Waals surface area (Å²) in [5.74, 6) is -0.308. The van der Waals surface area contributed by atoms with E-state index in [1.807, 2.05) is 4.90 Å². The van der Waals surface area contributed by atoms with Crippen molar-refractivity contribution in [2.75, 3.05) is 32.7 Å². The van der Waals surface area contributed by atoms with E-state index in [0.717, 1.165) is 32.7 Å². The lowest BCUT2D eigenvalue weighted by atomic mass is 9.96. The molecule has 1 aromatic carbocycles. The molecule has 1 amide bonds. The van der Waals surface area contributed by atoms with Crippen molar-refractivity contribution in [3.63, 3.8) is 0 Å². The molecule has 1 aromatic rings. The minimum absolute atomic E-state index is 0.000378. The highest BCUT2D eigenvalue weighted by molar-refractivity contribution is 5.94. The summed E-state index contributed by atoms with van der Waals surface area (Å²) in [6.45, 7) is 11.0. The van der Waals surface area contributed by atoms with Gasteiger partial charge in [0.25, 0.3) is 5.91 Å². The zero-order valence-corrected chi connectivity index (χ0v) is 12.5. The number of carbonyl (C=O) groups excluding carboxylic acids is 1. The summed E-state index contributed by atoms with van der Waals surface area (Å²) in [7, 11) is 0. The lowest BCUT2D eigenvalue weighted by Gasteiger charge is -2.37. The topological polar surface area (TPSA) is 23.6 Å². The Labute approximate surface area is 120 Å². The Morgan fingerprint density at radius 1 is 1.10 bits per heavy atom. The minimum Gasteiger partial charge on any atom is -0.336 e. The van der Waals surface area contributed by atoms with Gasteiger partial charge in [-0.3, -0.25) is 9.69 Å². The highest BCUT2D eigenvalue weighted by atomic mass is 19.1. The number of nitrogens with zero attached hydrogens (tertiary/aromatic N) is 2. The zero-order chi connectivity index (χ0) is 14.8. The predicted octanol–water partition coefficient (Wildman–Crippen LogP) is 2.63. The van der Waals surface area contributed by atoms with Crippen LogP contribution in [0.2, 0.25) is 0 Å². The maximum atomic E-state index is 12.9. The van der Waals surface area contributed by atoms with Crippen molar-refractivity contribution in [3.8, 4) is 0 Å². The molecule has 1 heterocycles. The van der Waals surface area contributed by atoms with E-state index in [9.17, 15) is 9.18 Å². The Balaban J connectivity index is 1.90.